The average molecular weight is 465 g/mol. The van der Waals surface area contributed by atoms with E-state index < -0.39 is 17.2 Å². The van der Waals surface area contributed by atoms with Crippen molar-refractivity contribution in [1.82, 2.24) is 20.2 Å². The van der Waals surface area contributed by atoms with Crippen molar-refractivity contribution in [3.63, 3.8) is 0 Å². The summed E-state index contributed by atoms with van der Waals surface area (Å²) in [6.07, 6.45) is 9.25. The number of hydrogen-bond donors (Lipinski definition) is 2. The Morgan fingerprint density at radius 2 is 1.76 bits per heavy atom. The molecule has 1 fully saturated rings. The number of thiazole rings is 1. The van der Waals surface area contributed by atoms with E-state index in [4.69, 9.17) is 0 Å². The van der Waals surface area contributed by atoms with Gasteiger partial charge in [-0.15, -0.1) is 11.3 Å². The molecule has 3 aromatic rings. The van der Waals surface area contributed by atoms with Crippen LogP contribution in [0.4, 0.5) is 0 Å². The van der Waals surface area contributed by atoms with Gasteiger partial charge in [0.25, 0.3) is 11.8 Å². The highest BCUT2D eigenvalue weighted by molar-refractivity contribution is 7.09. The molecule has 1 aromatic carbocycles. The van der Waals surface area contributed by atoms with Gasteiger partial charge in [0.2, 0.25) is 5.43 Å². The summed E-state index contributed by atoms with van der Waals surface area (Å²) in [4.78, 5) is 42.8. The van der Waals surface area contributed by atoms with Crippen molar-refractivity contribution in [3.05, 3.63) is 85.7 Å². The van der Waals surface area contributed by atoms with Gasteiger partial charge in [-0.25, -0.2) is 4.98 Å². The van der Waals surface area contributed by atoms with Crippen LogP contribution in [0.15, 0.2) is 52.9 Å². The second-order valence-electron chi connectivity index (χ2n) is 8.31. The zero-order valence-corrected chi connectivity index (χ0v) is 19.5. The number of nitrogens with zero attached hydrogens (tertiary/aromatic N) is 2. The van der Waals surface area contributed by atoms with E-state index in [1.54, 1.807) is 23.7 Å². The van der Waals surface area contributed by atoms with E-state index in [-0.39, 0.29) is 23.7 Å². The molecule has 0 unspecified atom stereocenters. The summed E-state index contributed by atoms with van der Waals surface area (Å²) in [6.45, 7) is 0.219. The molecule has 4 rings (SSSR count). The van der Waals surface area contributed by atoms with E-state index in [1.165, 1.54) is 19.0 Å². The molecule has 8 heteroatoms. The summed E-state index contributed by atoms with van der Waals surface area (Å²) in [7, 11) is 1.48. The van der Waals surface area contributed by atoms with Crippen molar-refractivity contribution < 1.29 is 9.59 Å². The number of benzene rings is 1. The number of carbonyl (C=O) groups excluding carboxylic acids is 2. The van der Waals surface area contributed by atoms with Crippen LogP contribution in [-0.4, -0.2) is 28.4 Å². The predicted octanol–water partition coefficient (Wildman–Crippen LogP) is 3.69. The first-order valence-electron chi connectivity index (χ1n) is 11.3. The number of rotatable bonds is 7. The Kier molecular flexibility index (Phi) is 7.34. The normalized spacial score (nSPS) is 14.1. The van der Waals surface area contributed by atoms with E-state index in [2.05, 4.69) is 27.8 Å². The van der Waals surface area contributed by atoms with E-state index in [0.29, 0.717) is 0 Å². The van der Waals surface area contributed by atoms with Crippen LogP contribution in [0.25, 0.3) is 0 Å². The van der Waals surface area contributed by atoms with Gasteiger partial charge in [0, 0.05) is 37.3 Å². The lowest BCUT2D eigenvalue weighted by molar-refractivity contribution is 0.0948. The van der Waals surface area contributed by atoms with Gasteiger partial charge in [0.15, 0.2) is 0 Å². The van der Waals surface area contributed by atoms with Crippen LogP contribution < -0.4 is 16.1 Å². The quantitative estimate of drug-likeness (QED) is 0.558. The van der Waals surface area contributed by atoms with Crippen LogP contribution >= 0.6 is 11.3 Å². The zero-order valence-electron chi connectivity index (χ0n) is 18.7. The number of amides is 2. The van der Waals surface area contributed by atoms with Crippen LogP contribution in [0.1, 0.15) is 75.1 Å². The molecule has 1 saturated carbocycles. The number of pyridine rings is 1. The number of hydrogen-bond acceptors (Lipinski definition) is 5. The summed E-state index contributed by atoms with van der Waals surface area (Å²) in [5, 5.41) is 8.20. The van der Waals surface area contributed by atoms with E-state index in [0.717, 1.165) is 42.8 Å². The SMILES string of the molecule is CNC(=O)c1cn(C2CCCCC2)cc(C(=O)NCc2csc(Cc3ccccc3)n2)c1=O. The molecule has 0 radical (unpaired) electrons. The Morgan fingerprint density at radius 1 is 1.06 bits per heavy atom. The minimum atomic E-state index is -0.554. The maximum atomic E-state index is 13.0. The van der Waals surface area contributed by atoms with Gasteiger partial charge in [0.05, 0.1) is 17.2 Å². The van der Waals surface area contributed by atoms with Crippen LogP contribution in [-0.2, 0) is 13.0 Å². The van der Waals surface area contributed by atoms with E-state index >= 15 is 0 Å². The van der Waals surface area contributed by atoms with Crippen molar-refractivity contribution in [2.75, 3.05) is 7.05 Å². The first kappa shape index (κ1) is 22.9. The molecule has 2 heterocycles. The van der Waals surface area contributed by atoms with Crippen LogP contribution in [0, 0.1) is 0 Å². The summed E-state index contributed by atoms with van der Waals surface area (Å²) >= 11 is 1.54. The van der Waals surface area contributed by atoms with Gasteiger partial charge in [-0.05, 0) is 18.4 Å². The van der Waals surface area contributed by atoms with Gasteiger partial charge >= 0.3 is 0 Å². The molecule has 2 N–H and O–H groups in total. The van der Waals surface area contributed by atoms with Crippen LogP contribution in [0.5, 0.6) is 0 Å². The molecule has 172 valence electrons. The Bertz CT molecular complexity index is 1180. The fourth-order valence-electron chi connectivity index (χ4n) is 4.19. The van der Waals surface area contributed by atoms with Crippen molar-refractivity contribution in [3.8, 4) is 0 Å². The van der Waals surface area contributed by atoms with Crippen LogP contribution in [0.3, 0.4) is 0 Å². The maximum Gasteiger partial charge on any atom is 0.257 e. The van der Waals surface area contributed by atoms with Gasteiger partial charge in [-0.3, -0.25) is 14.4 Å². The fraction of sp³-hybridized carbons (Fsp3) is 0.360. The highest BCUT2D eigenvalue weighted by Gasteiger charge is 2.22. The molecule has 1 aliphatic rings. The molecule has 0 atom stereocenters. The lowest BCUT2D eigenvalue weighted by Gasteiger charge is -2.25. The summed E-state index contributed by atoms with van der Waals surface area (Å²) < 4.78 is 1.88. The van der Waals surface area contributed by atoms with Crippen molar-refractivity contribution in [2.45, 2.75) is 51.1 Å². The Balaban J connectivity index is 1.50. The monoisotopic (exact) mass is 464 g/mol. The van der Waals surface area contributed by atoms with E-state index in [1.807, 2.05) is 28.1 Å². The second-order valence-corrected chi connectivity index (χ2v) is 9.25. The Morgan fingerprint density at radius 3 is 2.45 bits per heavy atom. The number of carbonyl (C=O) groups is 2. The third-order valence-electron chi connectivity index (χ3n) is 5.99. The third-order valence-corrected chi connectivity index (χ3v) is 6.88. The first-order valence-corrected chi connectivity index (χ1v) is 12.2. The summed E-state index contributed by atoms with van der Waals surface area (Å²) in [5.74, 6) is -0.975. The smallest absolute Gasteiger partial charge is 0.257 e. The Hall–Kier alpha value is -3.26. The molecular weight excluding hydrogens is 436 g/mol. The molecule has 0 bridgehead atoms. The molecule has 2 aromatic heterocycles. The van der Waals surface area contributed by atoms with Crippen LogP contribution in [0.2, 0.25) is 0 Å². The van der Waals surface area contributed by atoms with Gasteiger partial charge in [0.1, 0.15) is 11.1 Å². The lowest BCUT2D eigenvalue weighted by Crippen LogP contribution is -2.35. The lowest BCUT2D eigenvalue weighted by atomic mass is 9.95. The molecular formula is C25H28N4O3S. The van der Waals surface area contributed by atoms with Gasteiger partial charge < -0.3 is 15.2 Å². The number of nitrogens with one attached hydrogen (secondary N) is 2. The highest BCUT2D eigenvalue weighted by Crippen LogP contribution is 2.28. The Labute approximate surface area is 196 Å². The van der Waals surface area contributed by atoms with Crippen molar-refractivity contribution in [2.24, 2.45) is 0 Å². The second kappa shape index (κ2) is 10.6. The van der Waals surface area contributed by atoms with Gasteiger partial charge in [-0.2, -0.15) is 0 Å². The topological polar surface area (TPSA) is 93.1 Å². The standard InChI is InChI=1S/C25H28N4O3S/c1-26-24(31)20-14-29(19-10-6-3-7-11-19)15-21(23(20)30)25(32)27-13-18-16-33-22(28-18)12-17-8-4-2-5-9-17/h2,4-5,8-9,14-16,19H,3,6-7,10-13H2,1H3,(H,26,31)(H,27,32). The zero-order chi connectivity index (χ0) is 23.2. The average Bonchev–Trinajstić information content (AvgIpc) is 3.30. The minimum absolute atomic E-state index is 0.00507. The van der Waals surface area contributed by atoms with E-state index in [9.17, 15) is 14.4 Å². The predicted molar refractivity (Wildman–Crippen MR) is 129 cm³/mol. The molecule has 0 aliphatic heterocycles. The summed E-state index contributed by atoms with van der Waals surface area (Å²) in [5.41, 5.74) is 1.35. The highest BCUT2D eigenvalue weighted by atomic mass is 32.1. The van der Waals surface area contributed by atoms with Gasteiger partial charge in [-0.1, -0.05) is 49.6 Å². The molecule has 0 saturated heterocycles. The largest absolute Gasteiger partial charge is 0.355 e. The molecule has 1 aliphatic carbocycles. The maximum absolute atomic E-state index is 13.0. The summed E-state index contributed by atoms with van der Waals surface area (Å²) in [6, 6.07) is 10.3. The molecule has 2 amide bonds. The minimum Gasteiger partial charge on any atom is -0.355 e. The fourth-order valence-corrected chi connectivity index (χ4v) is 5.02. The van der Waals surface area contributed by atoms with Crippen molar-refractivity contribution in [1.29, 1.82) is 0 Å². The molecule has 33 heavy (non-hydrogen) atoms. The molecule has 0 spiro atoms. The molecule has 7 nitrogen and oxygen atoms in total. The van der Waals surface area contributed by atoms with Crippen molar-refractivity contribution >= 4 is 23.2 Å². The third kappa shape index (κ3) is 5.57. The first-order chi connectivity index (χ1) is 16.0. The number of aromatic nitrogens is 2.